The zero-order valence-corrected chi connectivity index (χ0v) is 41.4. The Labute approximate surface area is 417 Å². The van der Waals surface area contributed by atoms with Crippen molar-refractivity contribution in [2.45, 2.75) is 41.5 Å². The quantitative estimate of drug-likeness (QED) is 0.100. The fourth-order valence-electron chi connectivity index (χ4n) is 11.7. The van der Waals surface area contributed by atoms with E-state index in [0.29, 0.717) is 11.4 Å². The summed E-state index contributed by atoms with van der Waals surface area (Å²) in [5.74, 6) is 0.360. The van der Waals surface area contributed by atoms with Gasteiger partial charge in [0.2, 0.25) is 6.71 Å². The van der Waals surface area contributed by atoms with E-state index in [0.717, 1.165) is 50.1 Å². The van der Waals surface area contributed by atoms with E-state index in [1.165, 1.54) is 76.7 Å². The monoisotopic (exact) mass is 919 g/mol. The normalized spacial score (nSPS) is 11.4. The van der Waals surface area contributed by atoms with Crippen LogP contribution in [-0.2, 0) is 0 Å². The molecule has 2 nitrogen and oxygen atoms in total. The first-order valence-electron chi connectivity index (χ1n) is 24.6. The topological polar surface area (TPSA) is 12.5 Å². The van der Waals surface area contributed by atoms with Gasteiger partial charge in [-0.25, -0.2) is 4.39 Å². The van der Waals surface area contributed by atoms with Gasteiger partial charge in [0, 0.05) is 28.6 Å². The summed E-state index contributed by atoms with van der Waals surface area (Å²) >= 11 is 0. The third kappa shape index (κ3) is 8.14. The first-order valence-corrected chi connectivity index (χ1v) is 24.6. The molecule has 0 aromatic heterocycles. The van der Waals surface area contributed by atoms with E-state index < -0.39 is 0 Å². The molecular weight excluding hydrogens is 865 g/mol. The first kappa shape index (κ1) is 45.3. The van der Waals surface area contributed by atoms with Crippen molar-refractivity contribution in [3.63, 3.8) is 0 Å². The number of rotatable bonds is 10. The number of methoxy groups -OCH3 is 1. The molecule has 0 aliphatic rings. The van der Waals surface area contributed by atoms with Crippen LogP contribution in [0.25, 0.3) is 65.7 Å². The number of nitrogens with zero attached hydrogens (tertiary/aromatic N) is 1. The smallest absolute Gasteiger partial charge is 0.243 e. The predicted molar refractivity (Wildman–Crippen MR) is 302 cm³/mol. The van der Waals surface area contributed by atoms with Crippen LogP contribution in [0.4, 0.5) is 21.5 Å². The van der Waals surface area contributed by atoms with Crippen LogP contribution >= 0.6 is 0 Å². The second-order valence-electron chi connectivity index (χ2n) is 19.3. The minimum absolute atomic E-state index is 0.00548. The molecule has 0 saturated heterocycles. The SMILES string of the molecule is COc1cc(N(c2ccccc2)c2c(F)cc(-c3ccccc3)cc2-c2ccccc2)ccc1-c1cc2c3ccccc3c(B(c3c(C)cc(C)cc3C)c3c(C)cc(C)cc3C)cc2c2ccccc12. The summed E-state index contributed by atoms with van der Waals surface area (Å²) in [4.78, 5) is 2.03. The lowest BCUT2D eigenvalue weighted by Gasteiger charge is -2.29. The molecule has 0 aliphatic carbocycles. The standard InChI is InChI=1S/C67H55BFNO/c1-42-33-44(3)65(45(4)34-42)68(66-46(5)35-43(2)36-47(66)6)62-41-61-54-28-18-17-27-53(54)59(40-60(61)55-29-19-20-30-56(55)62)57-32-31-52(39-64(57)71-7)70(51-25-15-10-16-26-51)67-58(49-23-13-9-14-24-49)37-50(38-63(67)69)48-21-11-8-12-22-48/h8-41H,1-7H3. The van der Waals surface area contributed by atoms with E-state index in [2.05, 4.69) is 151 Å². The lowest BCUT2D eigenvalue weighted by molar-refractivity contribution is 0.416. The van der Waals surface area contributed by atoms with Crippen LogP contribution in [0.1, 0.15) is 33.4 Å². The lowest BCUT2D eigenvalue weighted by Crippen LogP contribution is -2.56. The van der Waals surface area contributed by atoms with Gasteiger partial charge in [-0.05, 0) is 139 Å². The number of hydrogen-bond donors (Lipinski definition) is 0. The molecule has 0 amide bonds. The highest BCUT2D eigenvalue weighted by Gasteiger charge is 2.31. The van der Waals surface area contributed by atoms with Gasteiger partial charge in [-0.3, -0.25) is 0 Å². The molecule has 11 aromatic rings. The summed E-state index contributed by atoms with van der Waals surface area (Å²) in [7, 11) is 1.73. The van der Waals surface area contributed by atoms with E-state index in [9.17, 15) is 0 Å². The van der Waals surface area contributed by atoms with E-state index in [1.54, 1.807) is 13.2 Å². The Hall–Kier alpha value is -8.21. The van der Waals surface area contributed by atoms with Gasteiger partial charge >= 0.3 is 0 Å². The molecule has 0 bridgehead atoms. The summed E-state index contributed by atoms with van der Waals surface area (Å²) in [6.07, 6.45) is 0. The van der Waals surface area contributed by atoms with Crippen molar-refractivity contribution in [3.8, 4) is 39.1 Å². The summed E-state index contributed by atoms with van der Waals surface area (Å²) in [6, 6.07) is 72.2. The van der Waals surface area contributed by atoms with Gasteiger partial charge in [0.15, 0.2) is 0 Å². The van der Waals surface area contributed by atoms with Gasteiger partial charge in [-0.15, -0.1) is 0 Å². The van der Waals surface area contributed by atoms with E-state index >= 15 is 4.39 Å². The Kier molecular flexibility index (Phi) is 11.9. The van der Waals surface area contributed by atoms with Crippen molar-refractivity contribution in [3.05, 3.63) is 245 Å². The Morgan fingerprint density at radius 2 is 0.873 bits per heavy atom. The number of benzene rings is 11. The number of ether oxygens (including phenoxy) is 1. The summed E-state index contributed by atoms with van der Waals surface area (Å²) in [5, 5.41) is 7.13. The summed E-state index contributed by atoms with van der Waals surface area (Å²) < 4.78 is 23.8. The van der Waals surface area contributed by atoms with Crippen LogP contribution in [0.2, 0.25) is 0 Å². The minimum atomic E-state index is -0.327. The summed E-state index contributed by atoms with van der Waals surface area (Å²) in [5.41, 5.74) is 19.4. The number of para-hydroxylation sites is 1. The van der Waals surface area contributed by atoms with Crippen LogP contribution in [0.15, 0.2) is 206 Å². The van der Waals surface area contributed by atoms with Crippen molar-refractivity contribution in [2.24, 2.45) is 0 Å². The van der Waals surface area contributed by atoms with Gasteiger partial charge < -0.3 is 9.64 Å². The van der Waals surface area contributed by atoms with E-state index in [4.69, 9.17) is 4.74 Å². The molecule has 0 spiro atoms. The number of aryl methyl sites for hydroxylation is 6. The summed E-state index contributed by atoms with van der Waals surface area (Å²) in [6.45, 7) is 13.5. The van der Waals surface area contributed by atoms with Crippen molar-refractivity contribution < 1.29 is 9.13 Å². The highest BCUT2D eigenvalue weighted by molar-refractivity contribution is 6.98. The van der Waals surface area contributed by atoms with Crippen LogP contribution < -0.4 is 26.0 Å². The van der Waals surface area contributed by atoms with Crippen LogP contribution in [0.5, 0.6) is 5.75 Å². The highest BCUT2D eigenvalue weighted by Crippen LogP contribution is 2.48. The molecule has 4 heteroatoms. The molecular formula is C67H55BFNO. The van der Waals surface area contributed by atoms with Crippen LogP contribution in [0, 0.1) is 47.4 Å². The van der Waals surface area contributed by atoms with Gasteiger partial charge in [0.05, 0.1) is 12.8 Å². The zero-order valence-electron chi connectivity index (χ0n) is 41.4. The van der Waals surface area contributed by atoms with Crippen molar-refractivity contribution in [2.75, 3.05) is 12.0 Å². The second-order valence-corrected chi connectivity index (χ2v) is 19.3. The lowest BCUT2D eigenvalue weighted by atomic mass is 9.33. The number of halogens is 1. The average molecular weight is 920 g/mol. The van der Waals surface area contributed by atoms with Crippen LogP contribution in [0.3, 0.4) is 0 Å². The molecule has 0 saturated carbocycles. The zero-order chi connectivity index (χ0) is 48.9. The molecule has 11 aromatic carbocycles. The average Bonchev–Trinajstić information content (AvgIpc) is 3.38. The molecule has 344 valence electrons. The van der Waals surface area contributed by atoms with Gasteiger partial charge in [-0.1, -0.05) is 207 Å². The molecule has 0 fully saturated rings. The van der Waals surface area contributed by atoms with Crippen LogP contribution in [-0.4, -0.2) is 13.8 Å². The number of hydrogen-bond acceptors (Lipinski definition) is 2. The number of anilines is 3. The Morgan fingerprint density at radius 3 is 1.45 bits per heavy atom. The minimum Gasteiger partial charge on any atom is -0.496 e. The van der Waals surface area contributed by atoms with E-state index in [-0.39, 0.29) is 12.5 Å². The third-order valence-electron chi connectivity index (χ3n) is 14.5. The Balaban J connectivity index is 1.14. The third-order valence-corrected chi connectivity index (χ3v) is 14.5. The molecule has 11 rings (SSSR count). The predicted octanol–water partition coefficient (Wildman–Crippen LogP) is 16.1. The Bertz CT molecular complexity index is 3720. The molecule has 0 atom stereocenters. The maximum absolute atomic E-state index is 17.4. The molecule has 71 heavy (non-hydrogen) atoms. The highest BCUT2D eigenvalue weighted by atomic mass is 19.1. The fourth-order valence-corrected chi connectivity index (χ4v) is 11.7. The van der Waals surface area contributed by atoms with Gasteiger partial charge in [0.1, 0.15) is 11.6 Å². The largest absolute Gasteiger partial charge is 0.496 e. The first-order chi connectivity index (χ1) is 34.6. The number of fused-ring (bicyclic) bond motifs is 5. The molecule has 0 unspecified atom stereocenters. The molecule has 0 radical (unpaired) electrons. The van der Waals surface area contributed by atoms with Gasteiger partial charge in [0.25, 0.3) is 0 Å². The maximum Gasteiger partial charge on any atom is 0.243 e. The van der Waals surface area contributed by atoms with Crippen molar-refractivity contribution in [1.29, 1.82) is 0 Å². The van der Waals surface area contributed by atoms with Gasteiger partial charge in [-0.2, -0.15) is 0 Å². The molecule has 0 aliphatic heterocycles. The molecule has 0 heterocycles. The van der Waals surface area contributed by atoms with Crippen molar-refractivity contribution in [1.82, 2.24) is 0 Å². The van der Waals surface area contributed by atoms with E-state index in [1.807, 2.05) is 95.9 Å². The van der Waals surface area contributed by atoms with Crippen molar-refractivity contribution >= 4 is 72.5 Å². The fraction of sp³-hybridized carbons (Fsp3) is 0.104. The molecule has 0 N–H and O–H groups in total. The maximum atomic E-state index is 17.4. The Morgan fingerprint density at radius 1 is 0.380 bits per heavy atom. The second kappa shape index (κ2) is 18.6.